The predicted molar refractivity (Wildman–Crippen MR) is 77.8 cm³/mol. The summed E-state index contributed by atoms with van der Waals surface area (Å²) >= 11 is 6.00. The van der Waals surface area contributed by atoms with Crippen molar-refractivity contribution in [3.8, 4) is 0 Å². The van der Waals surface area contributed by atoms with Gasteiger partial charge in [0, 0.05) is 29.8 Å². The van der Waals surface area contributed by atoms with Crippen molar-refractivity contribution in [3.63, 3.8) is 0 Å². The minimum Gasteiger partial charge on any atom is -0.320 e. The molecule has 1 heterocycles. The van der Waals surface area contributed by atoms with E-state index in [0.717, 1.165) is 31.6 Å². The Labute approximate surface area is 119 Å². The van der Waals surface area contributed by atoms with Crippen LogP contribution in [0, 0.1) is 0 Å². The molecule has 4 heteroatoms. The lowest BCUT2D eigenvalue weighted by atomic mass is 9.94. The van der Waals surface area contributed by atoms with Crippen LogP contribution in [-0.2, 0) is 0 Å². The summed E-state index contributed by atoms with van der Waals surface area (Å²) < 4.78 is 0. The molecule has 1 saturated heterocycles. The van der Waals surface area contributed by atoms with Gasteiger partial charge < -0.3 is 4.90 Å². The van der Waals surface area contributed by atoms with Crippen molar-refractivity contribution in [3.05, 3.63) is 29.3 Å². The van der Waals surface area contributed by atoms with Crippen LogP contribution in [0.1, 0.15) is 32.1 Å². The van der Waals surface area contributed by atoms with E-state index >= 15 is 0 Å². The largest absolute Gasteiger partial charge is 0.324 e. The minimum atomic E-state index is 0.147. The normalized spacial score (nSPS) is 21.2. The number of carbonyl (C=O) groups is 1. The Morgan fingerprint density at radius 1 is 1.11 bits per heavy atom. The van der Waals surface area contributed by atoms with E-state index < -0.39 is 0 Å². The van der Waals surface area contributed by atoms with Crippen molar-refractivity contribution in [2.24, 2.45) is 0 Å². The van der Waals surface area contributed by atoms with Crippen molar-refractivity contribution in [1.82, 2.24) is 4.90 Å². The molecule has 2 aliphatic rings. The number of amides is 2. The third-order valence-electron chi connectivity index (χ3n) is 4.18. The van der Waals surface area contributed by atoms with Gasteiger partial charge in [0.25, 0.3) is 0 Å². The molecular formula is C15H19ClN2O. The van der Waals surface area contributed by atoms with Gasteiger partial charge in [-0.25, -0.2) is 4.79 Å². The molecule has 1 aromatic carbocycles. The third kappa shape index (κ3) is 2.57. The third-order valence-corrected chi connectivity index (χ3v) is 4.41. The van der Waals surface area contributed by atoms with Gasteiger partial charge in [-0.05, 0) is 31.0 Å². The van der Waals surface area contributed by atoms with Crippen LogP contribution in [0.4, 0.5) is 10.5 Å². The molecule has 3 nitrogen and oxygen atoms in total. The first-order valence-electron chi connectivity index (χ1n) is 7.09. The molecule has 19 heavy (non-hydrogen) atoms. The summed E-state index contributed by atoms with van der Waals surface area (Å²) in [6, 6.07) is 8.15. The molecule has 3 rings (SSSR count). The minimum absolute atomic E-state index is 0.147. The molecule has 0 aromatic heterocycles. The van der Waals surface area contributed by atoms with Crippen LogP contribution < -0.4 is 4.90 Å². The predicted octanol–water partition coefficient (Wildman–Crippen LogP) is 3.91. The smallest absolute Gasteiger partial charge is 0.320 e. The van der Waals surface area contributed by atoms with E-state index in [0.29, 0.717) is 11.1 Å². The van der Waals surface area contributed by atoms with Gasteiger partial charge in [-0.3, -0.25) is 4.90 Å². The molecule has 0 radical (unpaired) electrons. The molecule has 1 aromatic rings. The number of rotatable bonds is 2. The fraction of sp³-hybridized carbons (Fsp3) is 0.533. The maximum atomic E-state index is 12.5. The van der Waals surface area contributed by atoms with Crippen molar-refractivity contribution < 1.29 is 4.79 Å². The second-order valence-corrected chi connectivity index (χ2v) is 5.84. The van der Waals surface area contributed by atoms with Gasteiger partial charge in [-0.1, -0.05) is 36.9 Å². The van der Waals surface area contributed by atoms with Crippen LogP contribution in [0.2, 0.25) is 5.02 Å². The monoisotopic (exact) mass is 278 g/mol. The van der Waals surface area contributed by atoms with Crippen molar-refractivity contribution >= 4 is 23.3 Å². The molecule has 0 spiro atoms. The van der Waals surface area contributed by atoms with Crippen LogP contribution in [0.3, 0.4) is 0 Å². The van der Waals surface area contributed by atoms with Crippen molar-refractivity contribution in [2.45, 2.75) is 38.1 Å². The maximum Gasteiger partial charge on any atom is 0.324 e. The molecule has 0 bridgehead atoms. The van der Waals surface area contributed by atoms with Crippen LogP contribution in [0.5, 0.6) is 0 Å². The molecule has 2 fully saturated rings. The first-order valence-corrected chi connectivity index (χ1v) is 7.47. The lowest BCUT2D eigenvalue weighted by Crippen LogP contribution is -2.40. The van der Waals surface area contributed by atoms with E-state index in [1.807, 2.05) is 29.2 Å². The number of carbonyl (C=O) groups excluding carboxylic acids is 1. The summed E-state index contributed by atoms with van der Waals surface area (Å²) in [5.74, 6) is 0. The Kier molecular flexibility index (Phi) is 3.65. The molecule has 0 N–H and O–H groups in total. The van der Waals surface area contributed by atoms with Gasteiger partial charge in [-0.15, -0.1) is 0 Å². The fourth-order valence-electron chi connectivity index (χ4n) is 3.17. The number of anilines is 1. The highest BCUT2D eigenvalue weighted by atomic mass is 35.5. The van der Waals surface area contributed by atoms with E-state index in [9.17, 15) is 4.79 Å². The number of halogens is 1. The number of hydrogen-bond acceptors (Lipinski definition) is 1. The number of benzene rings is 1. The average Bonchev–Trinajstić information content (AvgIpc) is 2.81. The van der Waals surface area contributed by atoms with Crippen LogP contribution >= 0.6 is 11.6 Å². The molecular weight excluding hydrogens is 260 g/mol. The van der Waals surface area contributed by atoms with Crippen LogP contribution in [0.25, 0.3) is 0 Å². The average molecular weight is 279 g/mol. The summed E-state index contributed by atoms with van der Waals surface area (Å²) in [5, 5.41) is 0.682. The second-order valence-electron chi connectivity index (χ2n) is 5.40. The highest BCUT2D eigenvalue weighted by molar-refractivity contribution is 6.30. The Hall–Kier alpha value is -1.22. The summed E-state index contributed by atoms with van der Waals surface area (Å²) in [5.41, 5.74) is 0.913. The van der Waals surface area contributed by atoms with Gasteiger partial charge in [0.1, 0.15) is 0 Å². The van der Waals surface area contributed by atoms with Gasteiger partial charge >= 0.3 is 6.03 Å². The van der Waals surface area contributed by atoms with Crippen molar-refractivity contribution in [2.75, 3.05) is 18.0 Å². The van der Waals surface area contributed by atoms with Crippen LogP contribution in [-0.4, -0.2) is 30.1 Å². The quantitative estimate of drug-likeness (QED) is 0.804. The summed E-state index contributed by atoms with van der Waals surface area (Å²) in [4.78, 5) is 16.4. The highest BCUT2D eigenvalue weighted by Crippen LogP contribution is 2.29. The standard InChI is InChI=1S/C15H19ClN2O/c16-12-5-4-8-14(11-12)18-10-9-17(15(18)19)13-6-2-1-3-7-13/h4-5,8,11,13H,1-3,6-7,9-10H2. The zero-order valence-electron chi connectivity index (χ0n) is 11.0. The zero-order chi connectivity index (χ0) is 13.2. The van der Waals surface area contributed by atoms with E-state index in [4.69, 9.17) is 11.6 Å². The number of nitrogens with zero attached hydrogens (tertiary/aromatic N) is 2. The number of urea groups is 1. The topological polar surface area (TPSA) is 23.6 Å². The van der Waals surface area contributed by atoms with E-state index in [1.54, 1.807) is 0 Å². The first kappa shape index (κ1) is 12.8. The van der Waals surface area contributed by atoms with E-state index in [-0.39, 0.29) is 6.03 Å². The van der Waals surface area contributed by atoms with E-state index in [1.165, 1.54) is 19.3 Å². The highest BCUT2D eigenvalue weighted by Gasteiger charge is 2.34. The Morgan fingerprint density at radius 2 is 1.89 bits per heavy atom. The molecule has 2 amide bonds. The fourth-order valence-corrected chi connectivity index (χ4v) is 3.35. The van der Waals surface area contributed by atoms with Gasteiger partial charge in [0.15, 0.2) is 0 Å². The molecule has 0 unspecified atom stereocenters. The van der Waals surface area contributed by atoms with E-state index in [2.05, 4.69) is 4.90 Å². The second kappa shape index (κ2) is 5.41. The van der Waals surface area contributed by atoms with Gasteiger partial charge in [0.05, 0.1) is 0 Å². The molecule has 0 atom stereocenters. The SMILES string of the molecule is O=C1N(c2cccc(Cl)c2)CCN1C1CCCCC1. The Bertz CT molecular complexity index is 471. The summed E-state index contributed by atoms with van der Waals surface area (Å²) in [6.07, 6.45) is 6.15. The Balaban J connectivity index is 1.74. The first-order chi connectivity index (χ1) is 9.25. The number of hydrogen-bond donors (Lipinski definition) is 0. The van der Waals surface area contributed by atoms with Crippen molar-refractivity contribution in [1.29, 1.82) is 0 Å². The molecule has 1 saturated carbocycles. The van der Waals surface area contributed by atoms with Gasteiger partial charge in [0.2, 0.25) is 0 Å². The van der Waals surface area contributed by atoms with Crippen LogP contribution in [0.15, 0.2) is 24.3 Å². The summed E-state index contributed by atoms with van der Waals surface area (Å²) in [6.45, 7) is 1.62. The molecule has 102 valence electrons. The zero-order valence-corrected chi connectivity index (χ0v) is 11.8. The Morgan fingerprint density at radius 3 is 2.63 bits per heavy atom. The molecule has 1 aliphatic heterocycles. The lowest BCUT2D eigenvalue weighted by molar-refractivity contribution is 0.181. The van der Waals surface area contributed by atoms with Gasteiger partial charge in [-0.2, -0.15) is 0 Å². The maximum absolute atomic E-state index is 12.5. The summed E-state index contributed by atoms with van der Waals surface area (Å²) in [7, 11) is 0. The molecule has 1 aliphatic carbocycles. The lowest BCUT2D eigenvalue weighted by Gasteiger charge is -2.30.